The summed E-state index contributed by atoms with van der Waals surface area (Å²) >= 11 is 1.86. The van der Waals surface area contributed by atoms with Crippen LogP contribution in [0.4, 0.5) is 17.1 Å². The van der Waals surface area contributed by atoms with Crippen LogP contribution in [0.15, 0.2) is 168 Å². The molecule has 49 heavy (non-hydrogen) atoms. The molecule has 0 atom stereocenters. The molecule has 2 heterocycles. The smallest absolute Gasteiger partial charge is 0.136 e. The van der Waals surface area contributed by atoms with Crippen LogP contribution in [0.3, 0.4) is 0 Å². The van der Waals surface area contributed by atoms with E-state index < -0.39 is 0 Å². The van der Waals surface area contributed by atoms with Crippen LogP contribution in [0.2, 0.25) is 0 Å². The summed E-state index contributed by atoms with van der Waals surface area (Å²) in [5.41, 5.74) is 5.22. The van der Waals surface area contributed by atoms with Crippen LogP contribution in [-0.2, 0) is 0 Å². The molecule has 0 aliphatic carbocycles. The molecule has 11 rings (SSSR count). The highest BCUT2D eigenvalue weighted by molar-refractivity contribution is 7.26. The maximum absolute atomic E-state index is 6.63. The Morgan fingerprint density at radius 2 is 0.939 bits per heavy atom. The number of hydrogen-bond donors (Lipinski definition) is 0. The zero-order valence-electron chi connectivity index (χ0n) is 26.4. The zero-order chi connectivity index (χ0) is 32.1. The van der Waals surface area contributed by atoms with Gasteiger partial charge in [-0.25, -0.2) is 0 Å². The maximum atomic E-state index is 6.63. The molecule has 0 aliphatic heterocycles. The quantitative estimate of drug-likeness (QED) is 0.179. The Bertz CT molecular complexity index is 3120. The Morgan fingerprint density at radius 3 is 1.73 bits per heavy atom. The summed E-state index contributed by atoms with van der Waals surface area (Å²) in [6, 6.07) is 59.5. The van der Waals surface area contributed by atoms with E-state index in [0.717, 1.165) is 33.3 Å². The van der Waals surface area contributed by atoms with E-state index >= 15 is 0 Å². The summed E-state index contributed by atoms with van der Waals surface area (Å²) in [5.74, 6) is 0. The van der Waals surface area contributed by atoms with Gasteiger partial charge >= 0.3 is 0 Å². The first-order valence-electron chi connectivity index (χ1n) is 16.7. The van der Waals surface area contributed by atoms with E-state index in [-0.39, 0.29) is 0 Å². The van der Waals surface area contributed by atoms with Crippen molar-refractivity contribution < 1.29 is 4.42 Å². The number of hydrogen-bond acceptors (Lipinski definition) is 3. The molecule has 0 bridgehead atoms. The van der Waals surface area contributed by atoms with Gasteiger partial charge < -0.3 is 9.32 Å². The summed E-state index contributed by atoms with van der Waals surface area (Å²) in [7, 11) is 0. The topological polar surface area (TPSA) is 16.4 Å². The first-order chi connectivity index (χ1) is 24.3. The van der Waals surface area contributed by atoms with Gasteiger partial charge in [-0.2, -0.15) is 0 Å². The second kappa shape index (κ2) is 10.2. The Hall–Kier alpha value is -6.16. The van der Waals surface area contributed by atoms with Gasteiger partial charge in [0.05, 0.1) is 16.1 Å². The predicted molar refractivity (Wildman–Crippen MR) is 211 cm³/mol. The average molecular weight is 642 g/mol. The largest absolute Gasteiger partial charge is 0.456 e. The van der Waals surface area contributed by atoms with E-state index in [1.54, 1.807) is 0 Å². The van der Waals surface area contributed by atoms with Crippen molar-refractivity contribution in [3.8, 4) is 0 Å². The van der Waals surface area contributed by atoms with E-state index in [9.17, 15) is 0 Å². The normalized spacial score (nSPS) is 12.1. The fraction of sp³-hybridized carbons (Fsp3) is 0. The van der Waals surface area contributed by atoms with Crippen LogP contribution in [0.25, 0.3) is 85.2 Å². The van der Waals surface area contributed by atoms with E-state index in [2.05, 4.69) is 169 Å². The molecule has 11 aromatic rings. The standard InChI is InChI=1S/C46H27NOS/c1-2-13-30-28(11-1)12-9-20-41(30)47(42-21-10-19-36-35-18-7-8-22-45(35)49-46(36)42)29-23-24-43-39(25-29)40-26-37-33-16-5-3-14-31(33)32-15-4-6-17-34(32)38(37)27-44(40)48-43/h1-27H. The Morgan fingerprint density at radius 1 is 0.367 bits per heavy atom. The molecule has 0 fully saturated rings. The summed E-state index contributed by atoms with van der Waals surface area (Å²) in [5, 5.41) is 14.8. The molecular formula is C46H27NOS. The number of nitrogens with zero attached hydrogens (tertiary/aromatic N) is 1. The monoisotopic (exact) mass is 641 g/mol. The van der Waals surface area contributed by atoms with Crippen LogP contribution in [0.1, 0.15) is 0 Å². The molecule has 0 unspecified atom stereocenters. The Labute approximate surface area is 285 Å². The molecule has 0 radical (unpaired) electrons. The summed E-state index contributed by atoms with van der Waals surface area (Å²) in [6.45, 7) is 0. The fourth-order valence-electron chi connectivity index (χ4n) is 8.02. The fourth-order valence-corrected chi connectivity index (χ4v) is 9.23. The van der Waals surface area contributed by atoms with Crippen molar-refractivity contribution in [2.24, 2.45) is 0 Å². The minimum absolute atomic E-state index is 0.889. The molecule has 0 N–H and O–H groups in total. The molecule has 0 saturated carbocycles. The number of rotatable bonds is 3. The van der Waals surface area contributed by atoms with E-state index in [4.69, 9.17) is 4.42 Å². The number of fused-ring (bicyclic) bond motifs is 13. The van der Waals surface area contributed by atoms with Crippen molar-refractivity contribution in [2.45, 2.75) is 0 Å². The lowest BCUT2D eigenvalue weighted by atomic mass is 9.93. The van der Waals surface area contributed by atoms with Gasteiger partial charge in [-0.05, 0) is 86.2 Å². The van der Waals surface area contributed by atoms with E-state index in [0.29, 0.717) is 0 Å². The SMILES string of the molecule is c1ccc2c(N(c3ccc4oc5cc6c7ccccc7c7ccccc7c6cc5c4c3)c3cccc4c3sc3ccccc34)cccc2c1. The van der Waals surface area contributed by atoms with Crippen molar-refractivity contribution in [1.29, 1.82) is 0 Å². The number of thiophene rings is 1. The lowest BCUT2D eigenvalue weighted by Crippen LogP contribution is -2.10. The number of benzene rings is 9. The van der Waals surface area contributed by atoms with Crippen molar-refractivity contribution in [1.82, 2.24) is 0 Å². The van der Waals surface area contributed by atoms with Crippen LogP contribution < -0.4 is 4.90 Å². The van der Waals surface area contributed by atoms with Gasteiger partial charge in [0.15, 0.2) is 0 Å². The van der Waals surface area contributed by atoms with Gasteiger partial charge in [0.25, 0.3) is 0 Å². The van der Waals surface area contributed by atoms with Crippen molar-refractivity contribution >= 4 is 114 Å². The lowest BCUT2D eigenvalue weighted by Gasteiger charge is -2.27. The lowest BCUT2D eigenvalue weighted by molar-refractivity contribution is 0.669. The molecule has 0 saturated heterocycles. The van der Waals surface area contributed by atoms with Gasteiger partial charge in [-0.3, -0.25) is 0 Å². The van der Waals surface area contributed by atoms with Gasteiger partial charge in [0.1, 0.15) is 11.2 Å². The number of furan rings is 1. The van der Waals surface area contributed by atoms with Gasteiger partial charge in [0.2, 0.25) is 0 Å². The van der Waals surface area contributed by atoms with Gasteiger partial charge in [-0.1, -0.05) is 115 Å². The van der Waals surface area contributed by atoms with Crippen molar-refractivity contribution in [2.75, 3.05) is 4.90 Å². The average Bonchev–Trinajstić information content (AvgIpc) is 3.73. The van der Waals surface area contributed by atoms with Crippen molar-refractivity contribution in [3.63, 3.8) is 0 Å². The summed E-state index contributed by atoms with van der Waals surface area (Å²) < 4.78 is 9.20. The predicted octanol–water partition coefficient (Wildman–Crippen LogP) is 14.0. The van der Waals surface area contributed by atoms with Crippen LogP contribution >= 0.6 is 11.3 Å². The van der Waals surface area contributed by atoms with Crippen molar-refractivity contribution in [3.05, 3.63) is 164 Å². The molecule has 2 aromatic heterocycles. The first kappa shape index (κ1) is 26.9. The minimum atomic E-state index is 0.889. The molecule has 0 spiro atoms. The Kier molecular flexibility index (Phi) is 5.57. The zero-order valence-corrected chi connectivity index (χ0v) is 27.2. The maximum Gasteiger partial charge on any atom is 0.136 e. The molecule has 3 heteroatoms. The minimum Gasteiger partial charge on any atom is -0.456 e. The molecule has 0 amide bonds. The van der Waals surface area contributed by atoms with Gasteiger partial charge in [0, 0.05) is 37.3 Å². The molecule has 228 valence electrons. The molecule has 9 aromatic carbocycles. The van der Waals surface area contributed by atoms with Crippen LogP contribution in [0, 0.1) is 0 Å². The Balaban J connectivity index is 1.22. The summed E-state index contributed by atoms with van der Waals surface area (Å²) in [6.07, 6.45) is 0. The molecular weight excluding hydrogens is 615 g/mol. The highest BCUT2D eigenvalue weighted by Crippen LogP contribution is 2.48. The third kappa shape index (κ3) is 3.88. The van der Waals surface area contributed by atoms with Gasteiger partial charge in [-0.15, -0.1) is 11.3 Å². The third-order valence-electron chi connectivity index (χ3n) is 10.2. The molecule has 2 nitrogen and oxygen atoms in total. The van der Waals surface area contributed by atoms with Crippen LogP contribution in [0.5, 0.6) is 0 Å². The molecule has 0 aliphatic rings. The second-order valence-electron chi connectivity index (χ2n) is 12.9. The first-order valence-corrected chi connectivity index (χ1v) is 17.5. The summed E-state index contributed by atoms with van der Waals surface area (Å²) in [4.78, 5) is 2.45. The number of anilines is 3. The van der Waals surface area contributed by atoms with E-state index in [1.165, 1.54) is 68.9 Å². The highest BCUT2D eigenvalue weighted by atomic mass is 32.1. The van der Waals surface area contributed by atoms with E-state index in [1.807, 2.05) is 11.3 Å². The highest BCUT2D eigenvalue weighted by Gasteiger charge is 2.21. The second-order valence-corrected chi connectivity index (χ2v) is 13.9. The van der Waals surface area contributed by atoms with Crippen LogP contribution in [-0.4, -0.2) is 0 Å². The third-order valence-corrected chi connectivity index (χ3v) is 11.4.